The van der Waals surface area contributed by atoms with Crippen LogP contribution in [0.15, 0.2) is 36.5 Å². The van der Waals surface area contributed by atoms with Crippen molar-refractivity contribution in [2.24, 2.45) is 0 Å². The minimum absolute atomic E-state index is 0.0766. The average molecular weight is 289 g/mol. The summed E-state index contributed by atoms with van der Waals surface area (Å²) in [6.07, 6.45) is 2.59. The van der Waals surface area contributed by atoms with Crippen LogP contribution in [0.2, 0.25) is 0 Å². The quantitative estimate of drug-likeness (QED) is 0.939. The van der Waals surface area contributed by atoms with Crippen molar-refractivity contribution < 1.29 is 8.78 Å². The number of hydrogen-bond acceptors (Lipinski definition) is 3. The number of nitrogens with one attached hydrogen (secondary N) is 1. The molecule has 2 heterocycles. The van der Waals surface area contributed by atoms with E-state index >= 15 is 0 Å². The van der Waals surface area contributed by atoms with Gasteiger partial charge in [0.2, 0.25) is 0 Å². The predicted octanol–water partition coefficient (Wildman–Crippen LogP) is 3.36. The largest absolute Gasteiger partial charge is 0.380 e. The number of nitrogens with zero attached hydrogens (tertiary/aromatic N) is 2. The molecule has 3 nitrogen and oxygen atoms in total. The van der Waals surface area contributed by atoms with Gasteiger partial charge in [0.15, 0.2) is 0 Å². The van der Waals surface area contributed by atoms with Gasteiger partial charge in [-0.25, -0.2) is 8.78 Å². The van der Waals surface area contributed by atoms with Crippen LogP contribution in [0.5, 0.6) is 0 Å². The van der Waals surface area contributed by atoms with Gasteiger partial charge < -0.3 is 10.2 Å². The van der Waals surface area contributed by atoms with Crippen LogP contribution < -0.4 is 10.2 Å². The second-order valence-corrected chi connectivity index (χ2v) is 5.33. The summed E-state index contributed by atoms with van der Waals surface area (Å²) >= 11 is 0. The van der Waals surface area contributed by atoms with E-state index in [4.69, 9.17) is 0 Å². The maximum Gasteiger partial charge on any atom is 0.149 e. The van der Waals surface area contributed by atoms with Gasteiger partial charge in [-0.15, -0.1) is 0 Å². The highest BCUT2D eigenvalue weighted by molar-refractivity contribution is 5.52. The van der Waals surface area contributed by atoms with Crippen LogP contribution in [0.25, 0.3) is 0 Å². The number of para-hydroxylation sites is 1. The lowest BCUT2D eigenvalue weighted by Gasteiger charge is -2.20. The smallest absolute Gasteiger partial charge is 0.149 e. The molecule has 0 radical (unpaired) electrons. The number of rotatable bonds is 3. The van der Waals surface area contributed by atoms with Crippen molar-refractivity contribution >= 4 is 11.4 Å². The molecule has 1 fully saturated rings. The van der Waals surface area contributed by atoms with Crippen LogP contribution in [0.1, 0.15) is 12.1 Å². The van der Waals surface area contributed by atoms with Crippen LogP contribution >= 0.6 is 0 Å². The van der Waals surface area contributed by atoms with E-state index in [9.17, 15) is 8.78 Å². The number of anilines is 2. The van der Waals surface area contributed by atoms with Crippen LogP contribution in [0.3, 0.4) is 0 Å². The maximum atomic E-state index is 13.8. The molecule has 3 rings (SSSR count). The fourth-order valence-corrected chi connectivity index (χ4v) is 2.74. The van der Waals surface area contributed by atoms with E-state index in [2.05, 4.69) is 10.3 Å². The molecule has 2 aromatic rings. The zero-order valence-corrected chi connectivity index (χ0v) is 11.8. The first-order valence-electron chi connectivity index (χ1n) is 7.01. The Hall–Kier alpha value is -2.17. The lowest BCUT2D eigenvalue weighted by molar-refractivity contribution is 0.577. The summed E-state index contributed by atoms with van der Waals surface area (Å²) in [5.74, 6) is -1.01. The summed E-state index contributed by atoms with van der Waals surface area (Å²) < 4.78 is 27.6. The van der Waals surface area contributed by atoms with E-state index in [1.54, 1.807) is 11.1 Å². The van der Waals surface area contributed by atoms with Gasteiger partial charge in [-0.2, -0.15) is 0 Å². The summed E-state index contributed by atoms with van der Waals surface area (Å²) in [6.45, 7) is 3.15. The summed E-state index contributed by atoms with van der Waals surface area (Å²) in [7, 11) is 0. The summed E-state index contributed by atoms with van der Waals surface area (Å²) in [6, 6.07) is 8.02. The normalized spacial score (nSPS) is 18.0. The molecule has 110 valence electrons. The van der Waals surface area contributed by atoms with E-state index in [1.165, 1.54) is 18.2 Å². The van der Waals surface area contributed by atoms with E-state index in [0.717, 1.165) is 17.8 Å². The first kappa shape index (κ1) is 13.8. The molecule has 0 spiro atoms. The molecule has 21 heavy (non-hydrogen) atoms. The van der Waals surface area contributed by atoms with Crippen molar-refractivity contribution in [1.29, 1.82) is 0 Å². The summed E-state index contributed by atoms with van der Waals surface area (Å²) in [5, 5.41) is 3.39. The van der Waals surface area contributed by atoms with E-state index < -0.39 is 11.6 Å². The zero-order chi connectivity index (χ0) is 14.8. The standard InChI is InChI=1S/C16H17F2N3/c1-11-9-12(5-7-19-11)20-13-6-8-21(10-13)16-14(17)3-2-4-15(16)18/h2-5,7,9,13H,6,8,10H2,1H3,(H,19,20). The van der Waals surface area contributed by atoms with Crippen molar-refractivity contribution in [3.63, 3.8) is 0 Å². The van der Waals surface area contributed by atoms with Crippen molar-refractivity contribution in [3.8, 4) is 0 Å². The Morgan fingerprint density at radius 3 is 2.71 bits per heavy atom. The average Bonchev–Trinajstić information content (AvgIpc) is 2.87. The van der Waals surface area contributed by atoms with Crippen LogP contribution in [-0.4, -0.2) is 24.1 Å². The number of halogens is 2. The van der Waals surface area contributed by atoms with Crippen LogP contribution in [0.4, 0.5) is 20.2 Å². The molecule has 0 bridgehead atoms. The molecule has 1 aromatic carbocycles. The third-order valence-electron chi connectivity index (χ3n) is 3.71. The fourth-order valence-electron chi connectivity index (χ4n) is 2.74. The first-order valence-corrected chi connectivity index (χ1v) is 7.01. The monoisotopic (exact) mass is 289 g/mol. The minimum Gasteiger partial charge on any atom is -0.380 e. The Bertz CT molecular complexity index is 625. The van der Waals surface area contributed by atoms with Crippen molar-refractivity contribution in [2.45, 2.75) is 19.4 Å². The number of hydrogen-bond donors (Lipinski definition) is 1. The molecule has 1 saturated heterocycles. The molecule has 1 N–H and O–H groups in total. The van der Waals surface area contributed by atoms with Crippen LogP contribution in [-0.2, 0) is 0 Å². The Balaban J connectivity index is 1.71. The van der Waals surface area contributed by atoms with E-state index in [0.29, 0.717) is 13.1 Å². The summed E-state index contributed by atoms with van der Waals surface area (Å²) in [5.41, 5.74) is 2.01. The third kappa shape index (κ3) is 2.96. The van der Waals surface area contributed by atoms with Gasteiger partial charge in [0.25, 0.3) is 0 Å². The second-order valence-electron chi connectivity index (χ2n) is 5.33. The Morgan fingerprint density at radius 2 is 2.00 bits per heavy atom. The summed E-state index contributed by atoms with van der Waals surface area (Å²) in [4.78, 5) is 5.91. The molecule has 0 amide bonds. The van der Waals surface area contributed by atoms with Gasteiger partial charge in [-0.3, -0.25) is 4.98 Å². The highest BCUT2D eigenvalue weighted by Crippen LogP contribution is 2.27. The van der Waals surface area contributed by atoms with Gasteiger partial charge >= 0.3 is 0 Å². The minimum atomic E-state index is -0.504. The highest BCUT2D eigenvalue weighted by Gasteiger charge is 2.26. The third-order valence-corrected chi connectivity index (χ3v) is 3.71. The number of aryl methyl sites for hydroxylation is 1. The second kappa shape index (κ2) is 5.68. The molecule has 1 aromatic heterocycles. The Morgan fingerprint density at radius 1 is 1.24 bits per heavy atom. The predicted molar refractivity (Wildman–Crippen MR) is 79.6 cm³/mol. The lowest BCUT2D eigenvalue weighted by atomic mass is 10.2. The fraction of sp³-hybridized carbons (Fsp3) is 0.312. The number of pyridine rings is 1. The van der Waals surface area contributed by atoms with E-state index in [1.807, 2.05) is 19.1 Å². The van der Waals surface area contributed by atoms with Crippen LogP contribution in [0, 0.1) is 18.6 Å². The molecular weight excluding hydrogens is 272 g/mol. The Kier molecular flexibility index (Phi) is 3.73. The topological polar surface area (TPSA) is 28.2 Å². The number of benzene rings is 1. The lowest BCUT2D eigenvalue weighted by Crippen LogP contribution is -2.27. The zero-order valence-electron chi connectivity index (χ0n) is 11.8. The van der Waals surface area contributed by atoms with Gasteiger partial charge in [0.05, 0.1) is 0 Å². The molecule has 0 aliphatic carbocycles. The number of aromatic nitrogens is 1. The first-order chi connectivity index (χ1) is 10.1. The van der Waals surface area contributed by atoms with Gasteiger partial charge in [0.1, 0.15) is 17.3 Å². The molecule has 5 heteroatoms. The van der Waals surface area contributed by atoms with Gasteiger partial charge in [0, 0.05) is 36.7 Å². The molecule has 1 atom stereocenters. The van der Waals surface area contributed by atoms with E-state index in [-0.39, 0.29) is 11.7 Å². The van der Waals surface area contributed by atoms with Crippen molar-refractivity contribution in [1.82, 2.24) is 4.98 Å². The maximum absolute atomic E-state index is 13.8. The van der Waals surface area contributed by atoms with Crippen molar-refractivity contribution in [2.75, 3.05) is 23.3 Å². The molecular formula is C16H17F2N3. The van der Waals surface area contributed by atoms with Crippen molar-refractivity contribution in [3.05, 3.63) is 53.9 Å². The van der Waals surface area contributed by atoms with Gasteiger partial charge in [-0.1, -0.05) is 6.07 Å². The van der Waals surface area contributed by atoms with Gasteiger partial charge in [-0.05, 0) is 37.6 Å². The Labute approximate surface area is 122 Å². The molecule has 1 unspecified atom stereocenters. The molecule has 1 aliphatic heterocycles. The SMILES string of the molecule is Cc1cc(NC2CCN(c3c(F)cccc3F)C2)ccn1. The molecule has 0 saturated carbocycles. The molecule has 1 aliphatic rings. The highest BCUT2D eigenvalue weighted by atomic mass is 19.1.